The van der Waals surface area contributed by atoms with Gasteiger partial charge in [0.15, 0.2) is 0 Å². The smallest absolute Gasteiger partial charge is 0.407 e. The Balaban J connectivity index is 0.849. The Bertz CT molecular complexity index is 1290. The lowest BCUT2D eigenvalue weighted by Crippen LogP contribution is -2.29. The number of alkyl carbamates (subject to hydrolysis) is 1. The Labute approximate surface area is 283 Å². The summed E-state index contributed by atoms with van der Waals surface area (Å²) in [4.78, 5) is 37.1. The van der Waals surface area contributed by atoms with Crippen LogP contribution in [0.5, 0.6) is 0 Å². The molecular weight excluding hydrogens is 614 g/mol. The van der Waals surface area contributed by atoms with Crippen molar-refractivity contribution in [2.75, 3.05) is 19.8 Å². The molecule has 2 aliphatic carbocycles. The van der Waals surface area contributed by atoms with Crippen LogP contribution in [-0.4, -0.2) is 73.4 Å². The minimum absolute atomic E-state index is 0.0470. The highest BCUT2D eigenvalue weighted by Gasteiger charge is 2.62. The van der Waals surface area contributed by atoms with Crippen LogP contribution in [0.3, 0.4) is 0 Å². The Morgan fingerprint density at radius 1 is 0.833 bits per heavy atom. The van der Waals surface area contributed by atoms with E-state index in [1.54, 1.807) is 0 Å². The van der Waals surface area contributed by atoms with Gasteiger partial charge in [-0.05, 0) is 94.8 Å². The van der Waals surface area contributed by atoms with E-state index in [1.165, 1.54) is 0 Å². The Kier molecular flexibility index (Phi) is 10.2. The molecule has 0 saturated carbocycles. The minimum atomic E-state index is -0.440. The SMILES string of the molecule is C=C1O[C@H]2[C@@H](CC/C(COC(=O)NCCCCCC(=O)OC/C3=C/CC[C@@]4(C)O[C@H]4[C@H]4OC(=O)C(=C)[C@@H]4CC3)=C\CC[C@@]3(C)O[C@@H]23)C1=C. The van der Waals surface area contributed by atoms with Crippen LogP contribution >= 0.6 is 0 Å². The predicted octanol–water partition coefficient (Wildman–Crippen LogP) is 6.31. The van der Waals surface area contributed by atoms with Gasteiger partial charge in [-0.1, -0.05) is 38.3 Å². The summed E-state index contributed by atoms with van der Waals surface area (Å²) in [6.45, 7) is 17.3. The number of fused-ring (bicyclic) bond motifs is 6. The molecule has 4 fully saturated rings. The van der Waals surface area contributed by atoms with Crippen LogP contribution in [0.2, 0.25) is 0 Å². The molecule has 4 saturated heterocycles. The van der Waals surface area contributed by atoms with E-state index in [4.69, 9.17) is 28.4 Å². The van der Waals surface area contributed by atoms with Crippen LogP contribution in [0.25, 0.3) is 0 Å². The summed E-state index contributed by atoms with van der Waals surface area (Å²) in [7, 11) is 0. The average Bonchev–Trinajstić information content (AvgIpc) is 3.86. The number of hydrogen-bond donors (Lipinski definition) is 1. The van der Waals surface area contributed by atoms with E-state index < -0.39 is 6.09 Å². The molecule has 6 aliphatic rings. The Morgan fingerprint density at radius 3 is 2.06 bits per heavy atom. The fourth-order valence-electron chi connectivity index (χ4n) is 7.81. The molecule has 0 unspecified atom stereocenters. The second kappa shape index (κ2) is 14.2. The normalized spacial score (nSPS) is 37.9. The molecule has 10 heteroatoms. The van der Waals surface area contributed by atoms with Crippen molar-refractivity contribution in [1.29, 1.82) is 0 Å². The molecular formula is C38H51NO9. The molecule has 262 valence electrons. The van der Waals surface area contributed by atoms with E-state index in [0.717, 1.165) is 68.1 Å². The summed E-state index contributed by atoms with van der Waals surface area (Å²) in [5, 5.41) is 2.83. The molecule has 0 aromatic rings. The molecule has 6 rings (SSSR count). The molecule has 1 N–H and O–H groups in total. The number of unbranched alkanes of at least 4 members (excludes halogenated alkanes) is 2. The number of ether oxygens (including phenoxy) is 6. The van der Waals surface area contributed by atoms with Crippen molar-refractivity contribution in [3.8, 4) is 0 Å². The maximum Gasteiger partial charge on any atom is 0.407 e. The lowest BCUT2D eigenvalue weighted by atomic mass is 9.83. The van der Waals surface area contributed by atoms with E-state index in [1.807, 2.05) is 0 Å². The fraction of sp³-hybridized carbons (Fsp3) is 0.658. The van der Waals surface area contributed by atoms with Gasteiger partial charge in [-0.15, -0.1) is 0 Å². The zero-order chi connectivity index (χ0) is 34.1. The van der Waals surface area contributed by atoms with E-state index in [-0.39, 0.29) is 72.6 Å². The molecule has 10 nitrogen and oxygen atoms in total. The molecule has 0 radical (unpaired) electrons. The van der Waals surface area contributed by atoms with Crippen LogP contribution < -0.4 is 5.32 Å². The Hall–Kier alpha value is -3.37. The second-order valence-electron chi connectivity index (χ2n) is 14.7. The molecule has 0 aromatic heterocycles. The van der Waals surface area contributed by atoms with Gasteiger partial charge in [0.1, 0.15) is 43.4 Å². The zero-order valence-corrected chi connectivity index (χ0v) is 28.5. The number of rotatable bonds is 10. The van der Waals surface area contributed by atoms with Gasteiger partial charge in [-0.3, -0.25) is 4.79 Å². The highest BCUT2D eigenvalue weighted by atomic mass is 16.7. The van der Waals surface area contributed by atoms with E-state index >= 15 is 0 Å². The van der Waals surface area contributed by atoms with Crippen LogP contribution in [-0.2, 0) is 38.0 Å². The highest BCUT2D eigenvalue weighted by Crippen LogP contribution is 2.52. The molecule has 8 atom stereocenters. The van der Waals surface area contributed by atoms with Gasteiger partial charge >= 0.3 is 18.0 Å². The summed E-state index contributed by atoms with van der Waals surface area (Å²) < 4.78 is 34.8. The first-order valence-electron chi connectivity index (χ1n) is 17.7. The van der Waals surface area contributed by atoms with E-state index in [9.17, 15) is 14.4 Å². The number of amides is 1. The quantitative estimate of drug-likeness (QED) is 0.0713. The average molecular weight is 666 g/mol. The van der Waals surface area contributed by atoms with Gasteiger partial charge in [0.05, 0.1) is 11.2 Å². The van der Waals surface area contributed by atoms with Crippen molar-refractivity contribution >= 4 is 18.0 Å². The van der Waals surface area contributed by atoms with Crippen molar-refractivity contribution in [3.05, 3.63) is 59.9 Å². The standard InChI is InChI=1S/C38H51NO9/c1-23-25(3)45-31-28(23)16-14-27(12-10-18-37(4)33(31)47-37)22-44-36(42)39-20-8-6-7-13-30(40)43-21-26-11-9-19-38(5)34(48-38)32-29(17-15-26)24(2)35(41)46-32/h11-12,28-29,31-34H,1-3,6-10,13-22H2,4-5H3,(H,39,42)/b26-11+,27-12+/t28-,29-,31-,32-,33-,34-,37+,38+/m0/s1. The molecule has 48 heavy (non-hydrogen) atoms. The lowest BCUT2D eigenvalue weighted by Gasteiger charge is -2.20. The van der Waals surface area contributed by atoms with Gasteiger partial charge in [-0.2, -0.15) is 0 Å². The number of esters is 2. The largest absolute Gasteiger partial charge is 0.487 e. The number of epoxide rings is 2. The maximum atomic E-state index is 12.5. The van der Waals surface area contributed by atoms with Gasteiger partial charge in [0.2, 0.25) is 0 Å². The first-order chi connectivity index (χ1) is 23.0. The van der Waals surface area contributed by atoms with Crippen molar-refractivity contribution < 1.29 is 42.8 Å². The van der Waals surface area contributed by atoms with Crippen molar-refractivity contribution in [1.82, 2.24) is 5.32 Å². The van der Waals surface area contributed by atoms with E-state index in [0.29, 0.717) is 43.6 Å². The number of carbonyl (C=O) groups excluding carboxylic acids is 3. The van der Waals surface area contributed by atoms with Gasteiger partial charge < -0.3 is 33.7 Å². The van der Waals surface area contributed by atoms with Crippen LogP contribution in [0.4, 0.5) is 4.79 Å². The second-order valence-corrected chi connectivity index (χ2v) is 14.7. The number of nitrogens with one attached hydrogen (secondary N) is 1. The minimum Gasteiger partial charge on any atom is -0.487 e. The van der Waals surface area contributed by atoms with Crippen LogP contribution in [0.1, 0.15) is 90.9 Å². The van der Waals surface area contributed by atoms with Crippen molar-refractivity contribution in [3.63, 3.8) is 0 Å². The van der Waals surface area contributed by atoms with Crippen LogP contribution in [0, 0.1) is 11.8 Å². The predicted molar refractivity (Wildman–Crippen MR) is 178 cm³/mol. The molecule has 0 bridgehead atoms. The summed E-state index contributed by atoms with van der Waals surface area (Å²) >= 11 is 0. The third kappa shape index (κ3) is 7.75. The number of allylic oxidation sites excluding steroid dienone is 3. The molecule has 1 amide bonds. The first-order valence-corrected chi connectivity index (χ1v) is 17.7. The topological polar surface area (TPSA) is 125 Å². The number of hydrogen-bond acceptors (Lipinski definition) is 9. The first kappa shape index (κ1) is 34.5. The third-order valence-corrected chi connectivity index (χ3v) is 11.1. The molecule has 0 spiro atoms. The van der Waals surface area contributed by atoms with Crippen LogP contribution in [0.15, 0.2) is 59.9 Å². The van der Waals surface area contributed by atoms with Crippen molar-refractivity contribution in [2.45, 2.75) is 127 Å². The monoisotopic (exact) mass is 665 g/mol. The molecule has 0 aromatic carbocycles. The molecule has 4 heterocycles. The molecule has 4 aliphatic heterocycles. The zero-order valence-electron chi connectivity index (χ0n) is 28.5. The Morgan fingerprint density at radius 2 is 1.42 bits per heavy atom. The summed E-state index contributed by atoms with van der Waals surface area (Å²) in [6, 6.07) is 0. The summed E-state index contributed by atoms with van der Waals surface area (Å²) in [5.74, 6) is 0.153. The van der Waals surface area contributed by atoms with Gasteiger partial charge in [-0.25, -0.2) is 9.59 Å². The highest BCUT2D eigenvalue weighted by molar-refractivity contribution is 5.91. The van der Waals surface area contributed by atoms with Gasteiger partial charge in [0.25, 0.3) is 0 Å². The fourth-order valence-corrected chi connectivity index (χ4v) is 7.81. The lowest BCUT2D eigenvalue weighted by molar-refractivity contribution is -0.143. The number of carbonyl (C=O) groups is 3. The summed E-state index contributed by atoms with van der Waals surface area (Å²) in [6.07, 6.45) is 12.5. The summed E-state index contributed by atoms with van der Waals surface area (Å²) in [5.41, 5.74) is 3.10. The third-order valence-electron chi connectivity index (χ3n) is 11.1. The van der Waals surface area contributed by atoms with E-state index in [2.05, 4.69) is 51.1 Å². The maximum absolute atomic E-state index is 12.5. The van der Waals surface area contributed by atoms with Gasteiger partial charge in [0, 0.05) is 30.4 Å². The van der Waals surface area contributed by atoms with Crippen molar-refractivity contribution in [2.24, 2.45) is 11.8 Å².